The van der Waals surface area contributed by atoms with Crippen LogP contribution in [-0.4, -0.2) is 15.8 Å². The molecule has 506 valence electrons. The van der Waals surface area contributed by atoms with Gasteiger partial charge in [0.1, 0.15) is 0 Å². The second-order valence-electron chi connectivity index (χ2n) is 32.7. The van der Waals surface area contributed by atoms with E-state index in [4.69, 9.17) is 5.48 Å². The molecule has 0 spiro atoms. The zero-order valence-electron chi connectivity index (χ0n) is 80.9. The largest absolute Gasteiger partial charge is 0.310 e. The molecule has 0 amide bonds. The normalized spacial score (nSPS) is 16.0. The quantitative estimate of drug-likeness (QED) is 0.141. The molecule has 0 fully saturated rings. The third-order valence-corrected chi connectivity index (χ3v) is 20.8. The number of anilines is 6. The third-order valence-electron chi connectivity index (χ3n) is 20.8. The molecule has 0 radical (unpaired) electrons. The molecule has 0 saturated heterocycles. The first-order valence-corrected chi connectivity index (χ1v) is 35.4. The molecule has 2 aliphatic rings. The van der Waals surface area contributed by atoms with Gasteiger partial charge < -0.3 is 18.9 Å². The van der Waals surface area contributed by atoms with E-state index in [9.17, 15) is 21.9 Å². The molecule has 0 unspecified atom stereocenters. The van der Waals surface area contributed by atoms with Gasteiger partial charge in [0.25, 0.3) is 6.71 Å². The van der Waals surface area contributed by atoms with E-state index in [0.29, 0.717) is 56.0 Å². The smallest absolute Gasteiger partial charge is 0.252 e. The van der Waals surface area contributed by atoms with Gasteiger partial charge in [-0.3, -0.25) is 0 Å². The number of para-hydroxylation sites is 6. The summed E-state index contributed by atoms with van der Waals surface area (Å²) in [5.41, 5.74) is 9.50. The molecule has 15 aromatic rings. The van der Waals surface area contributed by atoms with Gasteiger partial charge in [-0.1, -0.05) is 322 Å². The van der Waals surface area contributed by atoms with Crippen molar-refractivity contribution in [3.05, 3.63) is 306 Å². The summed E-state index contributed by atoms with van der Waals surface area (Å²) in [7, 11) is 0. The van der Waals surface area contributed by atoms with Crippen LogP contribution in [0, 0.1) is 0 Å². The number of fused-ring (bicyclic) bond motifs is 10. The maximum atomic E-state index is 11.7. The zero-order chi connectivity index (χ0) is 88.8. The number of rotatable bonds is 8. The first-order chi connectivity index (χ1) is 57.6. The van der Waals surface area contributed by atoms with Gasteiger partial charge >= 0.3 is 0 Å². The number of aromatic nitrogens is 2. The van der Waals surface area contributed by atoms with Gasteiger partial charge in [-0.05, 0) is 154 Å². The van der Waals surface area contributed by atoms with Crippen molar-refractivity contribution in [1.82, 2.24) is 9.13 Å². The first kappa shape index (κ1) is 46.6. The zero-order valence-corrected chi connectivity index (χ0v) is 60.9. The lowest BCUT2D eigenvalue weighted by Gasteiger charge is -2.46. The highest BCUT2D eigenvalue weighted by Crippen LogP contribution is 2.55. The highest BCUT2D eigenvalue weighted by molar-refractivity contribution is 7.00. The molecule has 5 heteroatoms. The van der Waals surface area contributed by atoms with E-state index in [1.807, 2.05) is 46.2 Å². The van der Waals surface area contributed by atoms with Crippen molar-refractivity contribution in [2.75, 3.05) is 9.80 Å². The predicted octanol–water partition coefficient (Wildman–Crippen LogP) is 25.1. The molecule has 17 rings (SSSR count). The highest BCUT2D eigenvalue weighted by atomic mass is 15.2. The summed E-state index contributed by atoms with van der Waals surface area (Å²) in [5, 5.41) is -0.994. The van der Waals surface area contributed by atoms with Crippen molar-refractivity contribution in [2.45, 2.75) is 131 Å². The molecule has 0 aliphatic carbocycles. The van der Waals surface area contributed by atoms with Crippen LogP contribution in [-0.2, 0) is 27.1 Å². The first-order valence-electron chi connectivity index (χ1n) is 45.4. The second-order valence-corrected chi connectivity index (χ2v) is 32.7. The summed E-state index contributed by atoms with van der Waals surface area (Å²) in [6, 6.07) is 40.4. The minimum atomic E-state index is -1.39. The summed E-state index contributed by atoms with van der Waals surface area (Å²) in [6.45, 7) is 30.5. The summed E-state index contributed by atoms with van der Waals surface area (Å²) >= 11 is 0. The molecule has 0 N–H and O–H groups in total. The average molecular weight is 1360 g/mol. The van der Waals surface area contributed by atoms with E-state index in [1.54, 1.807) is 0 Å². The Labute approximate surface area is 637 Å². The van der Waals surface area contributed by atoms with Crippen molar-refractivity contribution in [3.8, 4) is 55.9 Å². The van der Waals surface area contributed by atoms with Gasteiger partial charge in [-0.15, -0.1) is 0 Å². The summed E-state index contributed by atoms with van der Waals surface area (Å²) in [4.78, 5) is 4.01. The highest BCUT2D eigenvalue weighted by Gasteiger charge is 2.46. The molecule has 4 heterocycles. The van der Waals surface area contributed by atoms with E-state index in [0.717, 1.165) is 44.5 Å². The molecule has 13 aromatic carbocycles. The van der Waals surface area contributed by atoms with Crippen LogP contribution in [0.1, 0.15) is 159 Å². The van der Waals surface area contributed by atoms with Gasteiger partial charge in [-0.25, -0.2) is 0 Å². The maximum Gasteiger partial charge on any atom is 0.252 e. The van der Waals surface area contributed by atoms with Crippen LogP contribution < -0.4 is 26.2 Å². The SMILES string of the molecule is [2H]c1cc(-n2c3c([2H])c([2H])c([2H])c([2H])c3c3c([2H])c([2H])c([2H])c([2H])c32)c([2H])c2c1B1c3c(cc(C(C)(C)C)cc3N(c3c(-c4ccc(C(C)(C)C)cc4)cccc3-c3ccc(C(C)(C)C)cc3)c3c([2H])c(-n4c5c([2H])c([2H])c([2H])c([2H])c5c5c([2H])c([2H])c([2H])c([2H])c54)cc([2H])c31)N2c1c(-c2ccc(C(C)(C)C)cc2)cccc1-c1ccc(C(C)(C)C)cc1. The Balaban J connectivity index is 1.13. The summed E-state index contributed by atoms with van der Waals surface area (Å²) in [5.74, 6) is 0. The van der Waals surface area contributed by atoms with Crippen LogP contribution in [0.25, 0.3) is 99.5 Å². The number of hydrogen-bond donors (Lipinski definition) is 0. The summed E-state index contributed by atoms with van der Waals surface area (Å²) < 4.78 is 201. The molecule has 0 bridgehead atoms. The van der Waals surface area contributed by atoms with Crippen molar-refractivity contribution >= 4 is 101 Å². The van der Waals surface area contributed by atoms with Crippen LogP contribution in [0.2, 0.25) is 0 Å². The van der Waals surface area contributed by atoms with Crippen LogP contribution in [0.3, 0.4) is 0 Å². The molecule has 0 saturated carbocycles. The summed E-state index contributed by atoms with van der Waals surface area (Å²) in [6.07, 6.45) is 0. The van der Waals surface area contributed by atoms with Crippen molar-refractivity contribution < 1.29 is 27.4 Å². The molecule has 0 atom stereocenters. The fraction of sp³-hybridized carbons (Fsp3) is 0.204. The van der Waals surface area contributed by atoms with Crippen molar-refractivity contribution in [1.29, 1.82) is 0 Å². The van der Waals surface area contributed by atoms with Crippen molar-refractivity contribution in [2.24, 2.45) is 0 Å². The van der Waals surface area contributed by atoms with E-state index in [-0.39, 0.29) is 111 Å². The Kier molecular flexibility index (Phi) is 10.8. The van der Waals surface area contributed by atoms with E-state index in [2.05, 4.69) is 213 Å². The van der Waals surface area contributed by atoms with Crippen LogP contribution >= 0.6 is 0 Å². The predicted molar refractivity (Wildman–Crippen MR) is 444 cm³/mol. The number of hydrogen-bond acceptors (Lipinski definition) is 2. The molecule has 103 heavy (non-hydrogen) atoms. The molecular formula is C98H91BN4. The van der Waals surface area contributed by atoms with Crippen molar-refractivity contribution in [3.63, 3.8) is 0 Å². The fourth-order valence-electron chi connectivity index (χ4n) is 15.2. The minimum Gasteiger partial charge on any atom is -0.310 e. The fourth-order valence-corrected chi connectivity index (χ4v) is 15.2. The lowest BCUT2D eigenvalue weighted by atomic mass is 9.33. The van der Waals surface area contributed by atoms with Gasteiger partial charge in [0, 0.05) is 77.9 Å². The topological polar surface area (TPSA) is 16.3 Å². The van der Waals surface area contributed by atoms with Gasteiger partial charge in [-0.2, -0.15) is 0 Å². The molecule has 2 aliphatic heterocycles. The molecule has 4 nitrogen and oxygen atoms in total. The molecule has 2 aromatic heterocycles. The molecular weight excluding hydrogens is 1240 g/mol. The second kappa shape index (κ2) is 23.9. The van der Waals surface area contributed by atoms with E-state index >= 15 is 0 Å². The maximum absolute atomic E-state index is 11.7. The minimum absolute atomic E-state index is 0.0118. The van der Waals surface area contributed by atoms with E-state index < -0.39 is 121 Å². The van der Waals surface area contributed by atoms with Crippen LogP contribution in [0.5, 0.6) is 0 Å². The Morgan fingerprint density at radius 1 is 0.282 bits per heavy atom. The van der Waals surface area contributed by atoms with Gasteiger partial charge in [0.2, 0.25) is 0 Å². The standard InChI is InChI=1S/C98H91BN4/c1-94(2,3)66-46-38-62(39-47-66)73-30-24-31-74(63-40-48-67(49-41-63)95(4,5)6)92(73)102-87-60-71(100-83-34-20-16-26-77(83)78-27-17-21-35-84(78)100)54-56-81(87)99-82-57-55-72(101-85-36-22-18-28-79(85)80-29-19-23-37-86(80)101)61-88(82)103(90-59-70(98(13,14)15)58-89(102)91(90)99)93-75(64-42-50-68(51-43-64)96(7,8)9)32-25-33-76(93)65-44-52-69(53-45-65)97(10,11)12/h16-61H,1-15H3/i16D,17D,18D,19D,20D,21D,22D,23D,26D,27D,28D,29D,34D,35D,36D,37D,56D,57D,60D,61D. The Hall–Kier alpha value is -10.9. The van der Waals surface area contributed by atoms with Gasteiger partial charge in [0.15, 0.2) is 0 Å². The number of benzene rings is 13. The Morgan fingerprint density at radius 2 is 0.544 bits per heavy atom. The Bertz CT molecular complexity index is 6400. The lowest BCUT2D eigenvalue weighted by Crippen LogP contribution is -2.61. The van der Waals surface area contributed by atoms with Crippen LogP contribution in [0.4, 0.5) is 34.1 Å². The third kappa shape index (κ3) is 10.9. The monoisotopic (exact) mass is 1350 g/mol. The van der Waals surface area contributed by atoms with Crippen LogP contribution in [0.15, 0.2) is 279 Å². The average Bonchev–Trinajstić information content (AvgIpc) is 1.46. The number of nitrogens with zero attached hydrogens (tertiary/aromatic N) is 4. The Morgan fingerprint density at radius 3 is 0.806 bits per heavy atom. The van der Waals surface area contributed by atoms with Gasteiger partial charge in [0.05, 0.1) is 60.9 Å². The lowest BCUT2D eigenvalue weighted by molar-refractivity contribution is 0.590. The van der Waals surface area contributed by atoms with E-state index in [1.165, 1.54) is 21.3 Å².